The summed E-state index contributed by atoms with van der Waals surface area (Å²) in [6, 6.07) is -0.371. The predicted molar refractivity (Wildman–Crippen MR) is 82.7 cm³/mol. The fraction of sp³-hybridized carbons (Fsp3) is 0.562. The fourth-order valence-electron chi connectivity index (χ4n) is 3.20. The Kier molecular flexibility index (Phi) is 4.72. The van der Waals surface area contributed by atoms with Crippen molar-refractivity contribution in [1.29, 1.82) is 0 Å². The van der Waals surface area contributed by atoms with Crippen LogP contribution >= 0.6 is 0 Å². The number of hydrogen-bond donors (Lipinski definition) is 0. The number of carbonyl (C=O) groups is 1. The monoisotopic (exact) mass is 415 g/mol. The van der Waals surface area contributed by atoms with Gasteiger partial charge in [-0.15, -0.1) is 0 Å². The second-order valence-electron chi connectivity index (χ2n) is 6.80. The van der Waals surface area contributed by atoms with E-state index in [-0.39, 0.29) is 30.0 Å². The number of halogens is 6. The maximum atomic E-state index is 13.0. The van der Waals surface area contributed by atoms with Gasteiger partial charge in [-0.25, -0.2) is 8.42 Å². The lowest BCUT2D eigenvalue weighted by atomic mass is 10.0. The van der Waals surface area contributed by atoms with E-state index >= 15 is 0 Å². The van der Waals surface area contributed by atoms with Gasteiger partial charge < -0.3 is 4.90 Å². The predicted octanol–water partition coefficient (Wildman–Crippen LogP) is 3.52. The van der Waals surface area contributed by atoms with Crippen molar-refractivity contribution in [3.05, 3.63) is 34.9 Å². The van der Waals surface area contributed by atoms with E-state index in [2.05, 4.69) is 0 Å². The van der Waals surface area contributed by atoms with E-state index in [0.29, 0.717) is 25.0 Å². The molecule has 1 heterocycles. The lowest BCUT2D eigenvalue weighted by Crippen LogP contribution is -2.43. The third kappa shape index (κ3) is 4.39. The first-order chi connectivity index (χ1) is 12.3. The second-order valence-corrected chi connectivity index (χ2v) is 9.02. The number of hydrogen-bond acceptors (Lipinski definition) is 3. The minimum absolute atomic E-state index is 0.0434. The molecule has 2 fully saturated rings. The molecule has 1 aliphatic heterocycles. The molecule has 1 aromatic rings. The summed E-state index contributed by atoms with van der Waals surface area (Å²) >= 11 is 0. The number of carbonyl (C=O) groups excluding carboxylic acids is 1. The summed E-state index contributed by atoms with van der Waals surface area (Å²) in [5.74, 6) is -1.50. The van der Waals surface area contributed by atoms with E-state index in [9.17, 15) is 39.6 Å². The molecule has 1 aromatic carbocycles. The van der Waals surface area contributed by atoms with E-state index in [4.69, 9.17) is 0 Å². The molecule has 27 heavy (non-hydrogen) atoms. The van der Waals surface area contributed by atoms with Gasteiger partial charge in [0.05, 0.1) is 22.6 Å². The fourth-order valence-corrected chi connectivity index (χ4v) is 4.92. The third-order valence-electron chi connectivity index (χ3n) is 4.61. The lowest BCUT2D eigenvalue weighted by molar-refractivity contribution is -0.143. The average Bonchev–Trinajstić information content (AvgIpc) is 3.29. The molecule has 4 nitrogen and oxygen atoms in total. The SMILES string of the molecule is O=C(c1cc(C(F)(F)F)cc(C(F)(F)F)c1)N(C1CC1)[C@H]1CCS(=O)(=O)C1. The molecule has 1 atom stereocenters. The Morgan fingerprint density at radius 2 is 1.41 bits per heavy atom. The van der Waals surface area contributed by atoms with Gasteiger partial charge in [0.2, 0.25) is 0 Å². The summed E-state index contributed by atoms with van der Waals surface area (Å²) in [6.45, 7) is 0. The highest BCUT2D eigenvalue weighted by atomic mass is 32.2. The zero-order chi connectivity index (χ0) is 20.2. The quantitative estimate of drug-likeness (QED) is 0.710. The van der Waals surface area contributed by atoms with Crippen LogP contribution in [-0.4, -0.2) is 42.8 Å². The van der Waals surface area contributed by atoms with E-state index in [0.717, 1.165) is 4.90 Å². The Bertz CT molecular complexity index is 826. The molecule has 2 aliphatic rings. The van der Waals surface area contributed by atoms with Crippen molar-refractivity contribution >= 4 is 15.7 Å². The van der Waals surface area contributed by atoms with Gasteiger partial charge in [-0.05, 0) is 37.5 Å². The molecule has 150 valence electrons. The molecule has 1 saturated heterocycles. The van der Waals surface area contributed by atoms with Crippen molar-refractivity contribution in [3.63, 3.8) is 0 Å². The van der Waals surface area contributed by atoms with Crippen molar-refractivity contribution < 1.29 is 39.6 Å². The van der Waals surface area contributed by atoms with Gasteiger partial charge in [0, 0.05) is 17.6 Å². The molecular weight excluding hydrogens is 400 g/mol. The van der Waals surface area contributed by atoms with E-state index < -0.39 is 50.8 Å². The Balaban J connectivity index is 2.01. The van der Waals surface area contributed by atoms with Crippen molar-refractivity contribution in [2.45, 2.75) is 43.7 Å². The Morgan fingerprint density at radius 3 is 1.78 bits per heavy atom. The van der Waals surface area contributed by atoms with Crippen LogP contribution in [0.25, 0.3) is 0 Å². The summed E-state index contributed by atoms with van der Waals surface area (Å²) in [7, 11) is -3.38. The van der Waals surface area contributed by atoms with Crippen LogP contribution in [0.15, 0.2) is 18.2 Å². The highest BCUT2D eigenvalue weighted by molar-refractivity contribution is 7.91. The van der Waals surface area contributed by atoms with Crippen LogP contribution in [0.2, 0.25) is 0 Å². The molecule has 1 saturated carbocycles. The first-order valence-electron chi connectivity index (χ1n) is 8.10. The maximum Gasteiger partial charge on any atom is 0.416 e. The number of sulfone groups is 1. The van der Waals surface area contributed by atoms with E-state index in [1.807, 2.05) is 0 Å². The van der Waals surface area contributed by atoms with Crippen molar-refractivity contribution in [3.8, 4) is 0 Å². The summed E-state index contributed by atoms with van der Waals surface area (Å²) < 4.78 is 101. The minimum atomic E-state index is -5.06. The molecule has 0 N–H and O–H groups in total. The molecule has 0 aromatic heterocycles. The van der Waals surface area contributed by atoms with Gasteiger partial charge in [-0.3, -0.25) is 4.79 Å². The molecule has 0 radical (unpaired) electrons. The van der Waals surface area contributed by atoms with Crippen LogP contribution < -0.4 is 0 Å². The van der Waals surface area contributed by atoms with Gasteiger partial charge in [0.15, 0.2) is 9.84 Å². The molecule has 0 unspecified atom stereocenters. The summed E-state index contributed by atoms with van der Waals surface area (Å²) in [4.78, 5) is 13.9. The number of nitrogens with zero attached hydrogens (tertiary/aromatic N) is 1. The average molecular weight is 415 g/mol. The smallest absolute Gasteiger partial charge is 0.332 e. The van der Waals surface area contributed by atoms with Gasteiger partial charge >= 0.3 is 12.4 Å². The van der Waals surface area contributed by atoms with Crippen molar-refractivity contribution in [2.75, 3.05) is 11.5 Å². The molecule has 0 spiro atoms. The molecule has 3 rings (SSSR count). The van der Waals surface area contributed by atoms with Crippen LogP contribution in [-0.2, 0) is 22.2 Å². The Morgan fingerprint density at radius 1 is 0.889 bits per heavy atom. The number of benzene rings is 1. The van der Waals surface area contributed by atoms with Crippen LogP contribution in [0.3, 0.4) is 0 Å². The zero-order valence-corrected chi connectivity index (χ0v) is 14.6. The van der Waals surface area contributed by atoms with Crippen LogP contribution in [0, 0.1) is 0 Å². The largest absolute Gasteiger partial charge is 0.416 e. The van der Waals surface area contributed by atoms with Gasteiger partial charge in [-0.2, -0.15) is 26.3 Å². The first-order valence-corrected chi connectivity index (χ1v) is 9.93. The summed E-state index contributed by atoms with van der Waals surface area (Å²) in [6.07, 6.45) is -8.93. The topological polar surface area (TPSA) is 54.5 Å². The standard InChI is InChI=1S/C16H15F6NO3S/c17-15(18,19)10-5-9(6-11(7-10)16(20,21)22)14(24)23(12-1-2-12)13-3-4-27(25,26)8-13/h5-7,12-13H,1-4,8H2/t13-/m0/s1. The lowest BCUT2D eigenvalue weighted by Gasteiger charge is -2.29. The highest BCUT2D eigenvalue weighted by Gasteiger charge is 2.44. The van der Waals surface area contributed by atoms with Gasteiger partial charge in [0.25, 0.3) is 5.91 Å². The Hall–Kier alpha value is -1.78. The summed E-state index contributed by atoms with van der Waals surface area (Å²) in [5, 5.41) is 0. The normalized spacial score (nSPS) is 22.7. The Labute approximate surface area is 151 Å². The van der Waals surface area contributed by atoms with Gasteiger partial charge in [-0.1, -0.05) is 0 Å². The molecular formula is C16H15F6NO3S. The second kappa shape index (κ2) is 6.39. The van der Waals surface area contributed by atoms with Crippen LogP contribution in [0.4, 0.5) is 26.3 Å². The van der Waals surface area contributed by atoms with Crippen molar-refractivity contribution in [2.24, 2.45) is 0 Å². The molecule has 11 heteroatoms. The number of rotatable bonds is 3. The van der Waals surface area contributed by atoms with E-state index in [1.165, 1.54) is 0 Å². The number of amides is 1. The van der Waals surface area contributed by atoms with Crippen LogP contribution in [0.1, 0.15) is 40.7 Å². The summed E-state index contributed by atoms with van der Waals surface area (Å²) in [5.41, 5.74) is -3.89. The maximum absolute atomic E-state index is 13.0. The minimum Gasteiger partial charge on any atom is -0.332 e. The highest BCUT2D eigenvalue weighted by Crippen LogP contribution is 2.38. The van der Waals surface area contributed by atoms with Crippen LogP contribution in [0.5, 0.6) is 0 Å². The van der Waals surface area contributed by atoms with Gasteiger partial charge in [0.1, 0.15) is 0 Å². The van der Waals surface area contributed by atoms with Crippen molar-refractivity contribution in [1.82, 2.24) is 4.90 Å². The number of alkyl halides is 6. The van der Waals surface area contributed by atoms with E-state index in [1.54, 1.807) is 0 Å². The molecule has 1 aliphatic carbocycles. The molecule has 1 amide bonds. The first kappa shape index (κ1) is 20.0. The third-order valence-corrected chi connectivity index (χ3v) is 6.36. The molecule has 0 bridgehead atoms. The zero-order valence-electron chi connectivity index (χ0n) is 13.8.